The van der Waals surface area contributed by atoms with Crippen molar-refractivity contribution < 1.29 is 14.0 Å². The molecule has 1 aliphatic rings. The van der Waals surface area contributed by atoms with Crippen LogP contribution in [0.3, 0.4) is 0 Å². The van der Waals surface area contributed by atoms with Crippen LogP contribution in [-0.2, 0) is 4.79 Å². The maximum absolute atomic E-state index is 13.1. The number of likely N-dealkylation sites (N-methyl/N-ethyl adjacent to an activating group) is 1. The Morgan fingerprint density at radius 1 is 1.43 bits per heavy atom. The van der Waals surface area contributed by atoms with Crippen molar-refractivity contribution in [2.45, 2.75) is 6.04 Å². The zero-order valence-corrected chi connectivity index (χ0v) is 12.7. The molecule has 2 amide bonds. The average molecular weight is 314 g/mol. The Morgan fingerprint density at radius 3 is 2.76 bits per heavy atom. The van der Waals surface area contributed by atoms with Crippen LogP contribution in [0.25, 0.3) is 0 Å². The van der Waals surface area contributed by atoms with Crippen molar-refractivity contribution in [1.82, 2.24) is 15.1 Å². The van der Waals surface area contributed by atoms with E-state index in [4.69, 9.17) is 11.6 Å². The third-order valence-corrected chi connectivity index (χ3v) is 3.70. The van der Waals surface area contributed by atoms with Gasteiger partial charge in [-0.1, -0.05) is 11.6 Å². The third-order valence-electron chi connectivity index (χ3n) is 3.39. The van der Waals surface area contributed by atoms with Gasteiger partial charge in [-0.25, -0.2) is 4.39 Å². The first-order valence-corrected chi connectivity index (χ1v) is 6.97. The number of rotatable bonds is 2. The van der Waals surface area contributed by atoms with Gasteiger partial charge in [-0.15, -0.1) is 0 Å². The van der Waals surface area contributed by atoms with E-state index in [1.165, 1.54) is 21.9 Å². The first kappa shape index (κ1) is 15.7. The number of piperazine rings is 1. The van der Waals surface area contributed by atoms with Crippen molar-refractivity contribution in [3.05, 3.63) is 34.6 Å². The summed E-state index contributed by atoms with van der Waals surface area (Å²) in [5.74, 6) is -1.02. The quantitative estimate of drug-likeness (QED) is 0.885. The van der Waals surface area contributed by atoms with Gasteiger partial charge >= 0.3 is 0 Å². The Morgan fingerprint density at radius 2 is 2.14 bits per heavy atom. The van der Waals surface area contributed by atoms with Crippen molar-refractivity contribution in [3.8, 4) is 0 Å². The van der Waals surface area contributed by atoms with Gasteiger partial charge in [0, 0.05) is 33.7 Å². The molecule has 1 aliphatic heterocycles. The second-order valence-corrected chi connectivity index (χ2v) is 5.48. The van der Waals surface area contributed by atoms with Crippen molar-refractivity contribution >= 4 is 23.4 Å². The molecule has 0 radical (unpaired) electrons. The minimum Gasteiger partial charge on any atom is -0.347 e. The Hall–Kier alpha value is -1.66. The van der Waals surface area contributed by atoms with Crippen molar-refractivity contribution in [2.24, 2.45) is 0 Å². The lowest BCUT2D eigenvalue weighted by molar-refractivity contribution is -0.134. The number of hydrogen-bond donors (Lipinski definition) is 1. The van der Waals surface area contributed by atoms with Crippen LogP contribution in [0.2, 0.25) is 5.02 Å². The fourth-order valence-corrected chi connectivity index (χ4v) is 2.53. The molecule has 0 aromatic heterocycles. The van der Waals surface area contributed by atoms with Gasteiger partial charge in [0.1, 0.15) is 11.9 Å². The van der Waals surface area contributed by atoms with Gasteiger partial charge in [0.25, 0.3) is 5.91 Å². The first-order valence-electron chi connectivity index (χ1n) is 6.59. The number of benzene rings is 1. The SMILES string of the molecule is CN(C)C(=O)C1CNCCN1C(=O)c1ccc(F)cc1Cl. The molecule has 1 fully saturated rings. The summed E-state index contributed by atoms with van der Waals surface area (Å²) < 4.78 is 13.1. The highest BCUT2D eigenvalue weighted by Gasteiger charge is 2.34. The predicted molar refractivity (Wildman–Crippen MR) is 77.8 cm³/mol. The van der Waals surface area contributed by atoms with Gasteiger partial charge in [0.15, 0.2) is 0 Å². The number of amides is 2. The van der Waals surface area contributed by atoms with E-state index < -0.39 is 11.9 Å². The third kappa shape index (κ3) is 3.33. The Bertz CT molecular complexity index is 565. The molecule has 0 bridgehead atoms. The molecule has 2 rings (SSSR count). The number of nitrogens with zero attached hydrogens (tertiary/aromatic N) is 2. The molecule has 1 heterocycles. The van der Waals surface area contributed by atoms with E-state index >= 15 is 0 Å². The lowest BCUT2D eigenvalue weighted by Crippen LogP contribution is -2.59. The normalized spacial score (nSPS) is 18.5. The highest BCUT2D eigenvalue weighted by Crippen LogP contribution is 2.21. The van der Waals surface area contributed by atoms with Gasteiger partial charge in [0.2, 0.25) is 5.91 Å². The van der Waals surface area contributed by atoms with Crippen molar-refractivity contribution in [3.63, 3.8) is 0 Å². The number of hydrogen-bond acceptors (Lipinski definition) is 3. The molecule has 0 spiro atoms. The molecule has 7 heteroatoms. The molecule has 1 N–H and O–H groups in total. The fraction of sp³-hybridized carbons (Fsp3) is 0.429. The molecular weight excluding hydrogens is 297 g/mol. The summed E-state index contributed by atoms with van der Waals surface area (Å²) in [7, 11) is 3.29. The summed E-state index contributed by atoms with van der Waals surface area (Å²) in [6.45, 7) is 1.39. The maximum atomic E-state index is 13.1. The molecule has 1 aromatic carbocycles. The summed E-state index contributed by atoms with van der Waals surface area (Å²) in [6, 6.07) is 3.05. The van der Waals surface area contributed by atoms with E-state index in [0.717, 1.165) is 6.07 Å². The zero-order valence-electron chi connectivity index (χ0n) is 11.9. The van der Waals surface area contributed by atoms with Crippen LogP contribution < -0.4 is 5.32 Å². The molecule has 0 saturated carbocycles. The summed E-state index contributed by atoms with van der Waals surface area (Å²) in [6.07, 6.45) is 0. The molecule has 1 saturated heterocycles. The summed E-state index contributed by atoms with van der Waals surface area (Å²) in [5, 5.41) is 3.15. The lowest BCUT2D eigenvalue weighted by Gasteiger charge is -2.36. The Balaban J connectivity index is 2.28. The smallest absolute Gasteiger partial charge is 0.256 e. The largest absolute Gasteiger partial charge is 0.347 e. The van der Waals surface area contributed by atoms with Gasteiger partial charge in [-0.2, -0.15) is 0 Å². The van der Waals surface area contributed by atoms with Crippen molar-refractivity contribution in [2.75, 3.05) is 33.7 Å². The van der Waals surface area contributed by atoms with Crippen LogP contribution in [0.5, 0.6) is 0 Å². The van der Waals surface area contributed by atoms with E-state index in [1.54, 1.807) is 14.1 Å². The van der Waals surface area contributed by atoms with E-state index in [1.807, 2.05) is 0 Å². The average Bonchev–Trinajstić information content (AvgIpc) is 2.45. The summed E-state index contributed by atoms with van der Waals surface area (Å²) >= 11 is 5.93. The zero-order chi connectivity index (χ0) is 15.6. The summed E-state index contributed by atoms with van der Waals surface area (Å²) in [5.41, 5.74) is 0.205. The molecule has 114 valence electrons. The molecule has 21 heavy (non-hydrogen) atoms. The lowest BCUT2D eigenvalue weighted by atomic mass is 10.1. The molecule has 1 atom stereocenters. The van der Waals surface area contributed by atoms with Crippen LogP contribution in [0.4, 0.5) is 4.39 Å². The van der Waals surface area contributed by atoms with Crippen LogP contribution >= 0.6 is 11.6 Å². The molecular formula is C14H17ClFN3O2. The fourth-order valence-electron chi connectivity index (χ4n) is 2.28. The first-order chi connectivity index (χ1) is 9.91. The van der Waals surface area contributed by atoms with Crippen LogP contribution in [0, 0.1) is 5.82 Å². The minimum atomic E-state index is -0.581. The maximum Gasteiger partial charge on any atom is 0.256 e. The van der Waals surface area contributed by atoms with Gasteiger partial charge in [0.05, 0.1) is 10.6 Å². The molecule has 0 aliphatic carbocycles. The highest BCUT2D eigenvalue weighted by atomic mass is 35.5. The number of nitrogens with one attached hydrogen (secondary N) is 1. The monoisotopic (exact) mass is 313 g/mol. The number of carbonyl (C=O) groups excluding carboxylic acids is 2. The second-order valence-electron chi connectivity index (χ2n) is 5.08. The van der Waals surface area contributed by atoms with Crippen molar-refractivity contribution in [1.29, 1.82) is 0 Å². The predicted octanol–water partition coefficient (Wildman–Crippen LogP) is 0.981. The second kappa shape index (κ2) is 6.41. The highest BCUT2D eigenvalue weighted by molar-refractivity contribution is 6.33. The van der Waals surface area contributed by atoms with E-state index in [9.17, 15) is 14.0 Å². The molecule has 1 aromatic rings. The number of carbonyl (C=O) groups is 2. The standard InChI is InChI=1S/C14H17ClFN3O2/c1-18(2)14(21)12-8-17-5-6-19(12)13(20)10-4-3-9(16)7-11(10)15/h3-4,7,12,17H,5-6,8H2,1-2H3. The topological polar surface area (TPSA) is 52.7 Å². The van der Waals surface area contributed by atoms with Crippen LogP contribution in [0.15, 0.2) is 18.2 Å². The van der Waals surface area contributed by atoms with Crippen LogP contribution in [-0.4, -0.2) is 61.4 Å². The minimum absolute atomic E-state index is 0.0505. The van der Waals surface area contributed by atoms with Gasteiger partial charge < -0.3 is 15.1 Å². The molecule has 5 nitrogen and oxygen atoms in total. The van der Waals surface area contributed by atoms with Gasteiger partial charge in [-0.3, -0.25) is 9.59 Å². The molecule has 1 unspecified atom stereocenters. The summed E-state index contributed by atoms with van der Waals surface area (Å²) in [4.78, 5) is 27.7. The van der Waals surface area contributed by atoms with E-state index in [0.29, 0.717) is 19.6 Å². The van der Waals surface area contributed by atoms with Gasteiger partial charge in [-0.05, 0) is 18.2 Å². The van der Waals surface area contributed by atoms with E-state index in [-0.39, 0.29) is 22.4 Å². The van der Waals surface area contributed by atoms with E-state index in [2.05, 4.69) is 5.32 Å². The Kier molecular flexibility index (Phi) is 4.80. The number of halogens is 2. The Labute approximate surface area is 127 Å². The van der Waals surface area contributed by atoms with Crippen LogP contribution in [0.1, 0.15) is 10.4 Å².